The first-order valence-electron chi connectivity index (χ1n) is 5.57. The van der Waals surface area contributed by atoms with E-state index in [1.165, 1.54) is 17.7 Å². The van der Waals surface area contributed by atoms with Crippen molar-refractivity contribution in [1.82, 2.24) is 15.1 Å². The lowest BCUT2D eigenvalue weighted by molar-refractivity contribution is 0.526. The molecule has 1 heterocycles. The van der Waals surface area contributed by atoms with Gasteiger partial charge in [0.15, 0.2) is 0 Å². The maximum Gasteiger partial charge on any atom is 0.0625 e. The Bertz CT molecular complexity index is 273. The van der Waals surface area contributed by atoms with Gasteiger partial charge in [-0.2, -0.15) is 5.10 Å². The van der Waals surface area contributed by atoms with Crippen LogP contribution in [0, 0.1) is 0 Å². The quantitative estimate of drug-likeness (QED) is 0.572. The first-order valence-corrected chi connectivity index (χ1v) is 6.55. The third-order valence-corrected chi connectivity index (χ3v) is 3.22. The van der Waals surface area contributed by atoms with Crippen LogP contribution in [0.5, 0.6) is 0 Å². The molecule has 0 aliphatic heterocycles. The van der Waals surface area contributed by atoms with E-state index in [1.807, 2.05) is 29.7 Å². The van der Waals surface area contributed by atoms with Gasteiger partial charge < -0.3 is 5.32 Å². The molecule has 1 aromatic heterocycles. The van der Waals surface area contributed by atoms with E-state index < -0.39 is 0 Å². The summed E-state index contributed by atoms with van der Waals surface area (Å²) in [5.74, 6) is 1.11. The van der Waals surface area contributed by atoms with Gasteiger partial charge in [0, 0.05) is 36.5 Å². The molecule has 0 aliphatic rings. The minimum atomic E-state index is 0.643. The molecule has 0 radical (unpaired) electrons. The minimum absolute atomic E-state index is 0.643. The van der Waals surface area contributed by atoms with Crippen molar-refractivity contribution < 1.29 is 0 Å². The van der Waals surface area contributed by atoms with E-state index in [0.29, 0.717) is 6.04 Å². The maximum absolute atomic E-state index is 4.14. The number of thioether (sulfide) groups is 1. The predicted molar refractivity (Wildman–Crippen MR) is 66.3 cm³/mol. The van der Waals surface area contributed by atoms with Crippen LogP contribution in [0.4, 0.5) is 0 Å². The van der Waals surface area contributed by atoms with Gasteiger partial charge in [0.05, 0.1) is 6.20 Å². The van der Waals surface area contributed by atoms with Gasteiger partial charge in [-0.25, -0.2) is 0 Å². The smallest absolute Gasteiger partial charge is 0.0625 e. The van der Waals surface area contributed by atoms with Gasteiger partial charge in [0.2, 0.25) is 0 Å². The van der Waals surface area contributed by atoms with Crippen LogP contribution < -0.4 is 5.32 Å². The Labute approximate surface area is 96.6 Å². The van der Waals surface area contributed by atoms with Gasteiger partial charge in [-0.1, -0.05) is 13.3 Å². The molecule has 1 N–H and O–H groups in total. The average Bonchev–Trinajstić information content (AvgIpc) is 2.60. The Morgan fingerprint density at radius 1 is 1.60 bits per heavy atom. The van der Waals surface area contributed by atoms with Crippen LogP contribution in [-0.4, -0.2) is 28.1 Å². The number of hydrogen-bond donors (Lipinski definition) is 1. The van der Waals surface area contributed by atoms with Crippen LogP contribution >= 0.6 is 11.8 Å². The molecule has 0 amide bonds. The molecule has 0 spiro atoms. The molecule has 0 aromatic carbocycles. The molecule has 3 nitrogen and oxygen atoms in total. The molecule has 0 fully saturated rings. The predicted octanol–water partition coefficient (Wildman–Crippen LogP) is 2.29. The summed E-state index contributed by atoms with van der Waals surface area (Å²) < 4.78 is 1.84. The van der Waals surface area contributed by atoms with Crippen molar-refractivity contribution in [3.63, 3.8) is 0 Å². The second kappa shape index (κ2) is 6.90. The lowest BCUT2D eigenvalue weighted by Gasteiger charge is -2.11. The molecule has 0 saturated heterocycles. The van der Waals surface area contributed by atoms with Crippen LogP contribution in [0.2, 0.25) is 0 Å². The number of nitrogens with zero attached hydrogens (tertiary/aromatic N) is 2. The fourth-order valence-electron chi connectivity index (χ4n) is 1.48. The fourth-order valence-corrected chi connectivity index (χ4v) is 2.29. The molecule has 4 heteroatoms. The van der Waals surface area contributed by atoms with Gasteiger partial charge in [-0.3, -0.25) is 4.68 Å². The summed E-state index contributed by atoms with van der Waals surface area (Å²) in [7, 11) is 1.95. The number of aryl methyl sites for hydroxylation is 1. The molecule has 1 unspecified atom stereocenters. The monoisotopic (exact) mass is 227 g/mol. The second-order valence-electron chi connectivity index (χ2n) is 3.84. The summed E-state index contributed by atoms with van der Waals surface area (Å²) in [6.07, 6.45) is 6.49. The van der Waals surface area contributed by atoms with Crippen LogP contribution in [0.1, 0.15) is 26.7 Å². The van der Waals surface area contributed by atoms with Crippen molar-refractivity contribution in [2.45, 2.75) is 37.6 Å². The Morgan fingerprint density at radius 3 is 3.00 bits per heavy atom. The summed E-state index contributed by atoms with van der Waals surface area (Å²) in [5.41, 5.74) is 0. The van der Waals surface area contributed by atoms with Gasteiger partial charge in [0.1, 0.15) is 0 Å². The summed E-state index contributed by atoms with van der Waals surface area (Å²) in [5, 5.41) is 7.65. The van der Waals surface area contributed by atoms with Gasteiger partial charge in [-0.15, -0.1) is 11.8 Å². The van der Waals surface area contributed by atoms with Crippen molar-refractivity contribution in [1.29, 1.82) is 0 Å². The second-order valence-corrected chi connectivity index (χ2v) is 5.01. The van der Waals surface area contributed by atoms with Crippen molar-refractivity contribution in [2.75, 3.05) is 12.3 Å². The molecule has 1 aromatic rings. The molecular weight excluding hydrogens is 206 g/mol. The van der Waals surface area contributed by atoms with Crippen molar-refractivity contribution in [2.24, 2.45) is 7.05 Å². The first-order chi connectivity index (χ1) is 7.22. The first kappa shape index (κ1) is 12.6. The van der Waals surface area contributed by atoms with Gasteiger partial charge in [-0.05, 0) is 13.3 Å². The van der Waals surface area contributed by atoms with Crippen LogP contribution in [0.3, 0.4) is 0 Å². The van der Waals surface area contributed by atoms with Crippen molar-refractivity contribution in [3.05, 3.63) is 12.4 Å². The largest absolute Gasteiger partial charge is 0.313 e. The van der Waals surface area contributed by atoms with Crippen molar-refractivity contribution >= 4 is 11.8 Å². The fraction of sp³-hybridized carbons (Fsp3) is 0.727. The SMILES string of the molecule is CCCC(C)NCCSc1cnn(C)c1. The average molecular weight is 227 g/mol. The summed E-state index contributed by atoms with van der Waals surface area (Å²) >= 11 is 1.86. The van der Waals surface area contributed by atoms with Crippen molar-refractivity contribution in [3.8, 4) is 0 Å². The molecule has 86 valence electrons. The highest BCUT2D eigenvalue weighted by molar-refractivity contribution is 7.99. The minimum Gasteiger partial charge on any atom is -0.313 e. The summed E-state index contributed by atoms with van der Waals surface area (Å²) in [4.78, 5) is 1.25. The Morgan fingerprint density at radius 2 is 2.40 bits per heavy atom. The van der Waals surface area contributed by atoms with E-state index in [2.05, 4.69) is 30.5 Å². The summed E-state index contributed by atoms with van der Waals surface area (Å²) in [6.45, 7) is 5.54. The third-order valence-electron chi connectivity index (χ3n) is 2.27. The zero-order chi connectivity index (χ0) is 11.1. The molecule has 0 saturated carbocycles. The van der Waals surface area contributed by atoms with Crippen LogP contribution in [0.15, 0.2) is 17.3 Å². The lowest BCUT2D eigenvalue weighted by Crippen LogP contribution is -2.27. The molecule has 15 heavy (non-hydrogen) atoms. The highest BCUT2D eigenvalue weighted by atomic mass is 32.2. The van der Waals surface area contributed by atoms with Crippen LogP contribution in [0.25, 0.3) is 0 Å². The van der Waals surface area contributed by atoms with E-state index >= 15 is 0 Å². The Balaban J connectivity index is 2.06. The zero-order valence-electron chi connectivity index (χ0n) is 9.86. The van der Waals surface area contributed by atoms with E-state index in [9.17, 15) is 0 Å². The highest BCUT2D eigenvalue weighted by Crippen LogP contribution is 2.15. The number of rotatable bonds is 7. The number of hydrogen-bond acceptors (Lipinski definition) is 3. The molecular formula is C11H21N3S. The zero-order valence-corrected chi connectivity index (χ0v) is 10.7. The number of aromatic nitrogens is 2. The van der Waals surface area contributed by atoms with E-state index in [1.54, 1.807) is 0 Å². The van der Waals surface area contributed by atoms with E-state index in [0.717, 1.165) is 12.3 Å². The standard InChI is InChI=1S/C11H21N3S/c1-4-5-10(2)12-6-7-15-11-8-13-14(3)9-11/h8-10,12H,4-7H2,1-3H3. The van der Waals surface area contributed by atoms with E-state index in [-0.39, 0.29) is 0 Å². The third kappa shape index (κ3) is 5.23. The lowest BCUT2D eigenvalue weighted by atomic mass is 10.2. The molecule has 1 rings (SSSR count). The molecule has 0 bridgehead atoms. The molecule has 0 aliphatic carbocycles. The Kier molecular flexibility index (Phi) is 5.79. The Hall–Kier alpha value is -0.480. The van der Waals surface area contributed by atoms with E-state index in [4.69, 9.17) is 0 Å². The van der Waals surface area contributed by atoms with Crippen LogP contribution in [-0.2, 0) is 7.05 Å². The maximum atomic E-state index is 4.14. The number of nitrogens with one attached hydrogen (secondary N) is 1. The highest BCUT2D eigenvalue weighted by Gasteiger charge is 2.00. The topological polar surface area (TPSA) is 29.9 Å². The van der Waals surface area contributed by atoms with Gasteiger partial charge in [0.25, 0.3) is 0 Å². The normalized spacial score (nSPS) is 13.0. The van der Waals surface area contributed by atoms with Gasteiger partial charge >= 0.3 is 0 Å². The summed E-state index contributed by atoms with van der Waals surface area (Å²) in [6, 6.07) is 0.643. The molecule has 1 atom stereocenters.